The van der Waals surface area contributed by atoms with E-state index < -0.39 is 0 Å². The lowest BCUT2D eigenvalue weighted by Gasteiger charge is -2.27. The molecule has 0 aliphatic rings. The van der Waals surface area contributed by atoms with Crippen molar-refractivity contribution in [1.29, 1.82) is 0 Å². The Labute approximate surface area is 142 Å². The van der Waals surface area contributed by atoms with Crippen LogP contribution in [0.3, 0.4) is 0 Å². The van der Waals surface area contributed by atoms with Gasteiger partial charge in [-0.25, -0.2) is 9.98 Å². The molecule has 0 radical (unpaired) electrons. The van der Waals surface area contributed by atoms with Crippen LogP contribution in [0, 0.1) is 0 Å². The Balaban J connectivity index is 2.93. The number of hydrogen-bond donors (Lipinski definition) is 0. The van der Waals surface area contributed by atoms with E-state index in [0.717, 1.165) is 11.4 Å². The summed E-state index contributed by atoms with van der Waals surface area (Å²) in [6.07, 6.45) is 3.88. The SMILES string of the molecule is C=CN=CN=CS/C=C(\CC)C(c1cccc(Cl)c1)N(C)C. The summed E-state index contributed by atoms with van der Waals surface area (Å²) in [6.45, 7) is 5.65. The van der Waals surface area contributed by atoms with Gasteiger partial charge in [-0.15, -0.1) is 0 Å². The molecule has 1 aromatic carbocycles. The first-order valence-corrected chi connectivity index (χ1v) is 8.32. The fourth-order valence-corrected chi connectivity index (χ4v) is 2.98. The molecule has 0 spiro atoms. The van der Waals surface area contributed by atoms with Gasteiger partial charge in [0.05, 0.1) is 11.6 Å². The predicted octanol–water partition coefficient (Wildman–Crippen LogP) is 5.17. The number of aliphatic imine (C=N–C) groups is 2. The van der Waals surface area contributed by atoms with E-state index in [2.05, 4.69) is 54.0 Å². The highest BCUT2D eigenvalue weighted by molar-refractivity contribution is 8.14. The van der Waals surface area contributed by atoms with Gasteiger partial charge in [0.1, 0.15) is 6.34 Å². The molecule has 0 aromatic heterocycles. The normalized spacial score (nSPS) is 14.1. The molecule has 22 heavy (non-hydrogen) atoms. The molecule has 5 heteroatoms. The molecule has 0 aliphatic heterocycles. The van der Waals surface area contributed by atoms with Gasteiger partial charge < -0.3 is 0 Å². The molecule has 118 valence electrons. The second-order valence-corrected chi connectivity index (χ2v) is 5.96. The number of likely N-dealkylation sites (N-methyl/N-ethyl adjacent to an activating group) is 1. The molecule has 1 rings (SSSR count). The van der Waals surface area contributed by atoms with Crippen molar-refractivity contribution in [3.63, 3.8) is 0 Å². The van der Waals surface area contributed by atoms with Crippen LogP contribution in [0.15, 0.2) is 58.0 Å². The molecule has 0 N–H and O–H groups in total. The van der Waals surface area contributed by atoms with Gasteiger partial charge in [-0.2, -0.15) is 0 Å². The summed E-state index contributed by atoms with van der Waals surface area (Å²) >= 11 is 7.67. The summed E-state index contributed by atoms with van der Waals surface area (Å²) in [7, 11) is 4.15. The number of rotatable bonds is 8. The number of benzene rings is 1. The van der Waals surface area contributed by atoms with Gasteiger partial charge in [-0.05, 0) is 49.2 Å². The Hall–Kier alpha value is -1.36. The quantitative estimate of drug-likeness (QED) is 0.484. The first-order valence-electron chi connectivity index (χ1n) is 7.00. The fraction of sp³-hybridized carbons (Fsp3) is 0.294. The highest BCUT2D eigenvalue weighted by atomic mass is 35.5. The van der Waals surface area contributed by atoms with Crippen LogP contribution in [0.2, 0.25) is 5.02 Å². The number of nitrogens with zero attached hydrogens (tertiary/aromatic N) is 3. The van der Waals surface area contributed by atoms with Crippen LogP contribution in [0.1, 0.15) is 24.9 Å². The third-order valence-corrected chi connectivity index (χ3v) is 3.94. The molecule has 3 nitrogen and oxygen atoms in total. The van der Waals surface area contributed by atoms with Crippen molar-refractivity contribution < 1.29 is 0 Å². The molecule has 1 unspecified atom stereocenters. The minimum absolute atomic E-state index is 0.200. The highest BCUT2D eigenvalue weighted by Gasteiger charge is 2.18. The van der Waals surface area contributed by atoms with E-state index >= 15 is 0 Å². The second-order valence-electron chi connectivity index (χ2n) is 4.81. The molecule has 0 aliphatic carbocycles. The number of halogens is 1. The monoisotopic (exact) mass is 335 g/mol. The van der Waals surface area contributed by atoms with Crippen molar-refractivity contribution in [2.24, 2.45) is 9.98 Å². The lowest BCUT2D eigenvalue weighted by atomic mass is 9.97. The second kappa shape index (κ2) is 10.4. The molecule has 0 saturated carbocycles. The van der Waals surface area contributed by atoms with Gasteiger partial charge in [0.25, 0.3) is 0 Å². The standard InChI is InChI=1S/C17H22ClN3S/c1-5-14(11-22-13-20-12-19-6-2)17(21(3)4)15-8-7-9-16(18)10-15/h6-13,17H,2,5H2,1,3-4H3/b14-11+,19-12?,20-13?. The van der Waals surface area contributed by atoms with Crippen molar-refractivity contribution in [1.82, 2.24) is 4.90 Å². The zero-order valence-corrected chi connectivity index (χ0v) is 14.8. The van der Waals surface area contributed by atoms with Crippen LogP contribution in [0.4, 0.5) is 0 Å². The van der Waals surface area contributed by atoms with Gasteiger partial charge in [-0.1, -0.05) is 49.0 Å². The smallest absolute Gasteiger partial charge is 0.115 e. The van der Waals surface area contributed by atoms with Crippen molar-refractivity contribution in [2.45, 2.75) is 19.4 Å². The number of hydrogen-bond acceptors (Lipinski definition) is 3. The van der Waals surface area contributed by atoms with Crippen LogP contribution in [0.25, 0.3) is 0 Å². The van der Waals surface area contributed by atoms with E-state index in [4.69, 9.17) is 11.6 Å². The van der Waals surface area contributed by atoms with Gasteiger partial charge in [0.2, 0.25) is 0 Å². The average Bonchev–Trinajstić information content (AvgIpc) is 2.49. The molecule has 0 saturated heterocycles. The lowest BCUT2D eigenvalue weighted by molar-refractivity contribution is 0.333. The van der Waals surface area contributed by atoms with Crippen LogP contribution in [0.5, 0.6) is 0 Å². The molecule has 0 heterocycles. The minimum atomic E-state index is 0.200. The summed E-state index contributed by atoms with van der Waals surface area (Å²) in [5.74, 6) is 0. The van der Waals surface area contributed by atoms with Crippen molar-refractivity contribution in [3.8, 4) is 0 Å². The first kappa shape index (κ1) is 18.7. The van der Waals surface area contributed by atoms with Gasteiger partial charge in [0.15, 0.2) is 0 Å². The zero-order chi connectivity index (χ0) is 16.4. The summed E-state index contributed by atoms with van der Waals surface area (Å²) < 4.78 is 0. The molecular weight excluding hydrogens is 314 g/mol. The Morgan fingerprint density at radius 1 is 1.41 bits per heavy atom. The first-order chi connectivity index (χ1) is 10.6. The predicted molar refractivity (Wildman–Crippen MR) is 101 cm³/mol. The maximum absolute atomic E-state index is 6.13. The highest BCUT2D eigenvalue weighted by Crippen LogP contribution is 2.31. The Morgan fingerprint density at radius 3 is 2.77 bits per heavy atom. The van der Waals surface area contributed by atoms with Gasteiger partial charge in [-0.3, -0.25) is 4.90 Å². The summed E-state index contributed by atoms with van der Waals surface area (Å²) in [4.78, 5) is 10.1. The van der Waals surface area contributed by atoms with Crippen molar-refractivity contribution >= 4 is 35.2 Å². The molecule has 0 amide bonds. The lowest BCUT2D eigenvalue weighted by Crippen LogP contribution is -2.21. The van der Waals surface area contributed by atoms with E-state index in [1.54, 1.807) is 17.3 Å². The van der Waals surface area contributed by atoms with Crippen LogP contribution < -0.4 is 0 Å². The zero-order valence-electron chi connectivity index (χ0n) is 13.2. The van der Waals surface area contributed by atoms with E-state index in [1.807, 2.05) is 18.2 Å². The van der Waals surface area contributed by atoms with Crippen molar-refractivity contribution in [3.05, 3.63) is 58.6 Å². The van der Waals surface area contributed by atoms with E-state index in [0.29, 0.717) is 0 Å². The Bertz CT molecular complexity index is 565. The maximum Gasteiger partial charge on any atom is 0.115 e. The van der Waals surface area contributed by atoms with Crippen LogP contribution >= 0.6 is 23.4 Å². The summed E-state index contributed by atoms with van der Waals surface area (Å²) in [5.41, 5.74) is 4.26. The van der Waals surface area contributed by atoms with Crippen LogP contribution in [-0.4, -0.2) is 30.9 Å². The maximum atomic E-state index is 6.13. The largest absolute Gasteiger partial charge is 0.299 e. The van der Waals surface area contributed by atoms with E-state index in [-0.39, 0.29) is 6.04 Å². The van der Waals surface area contributed by atoms with Gasteiger partial charge in [0, 0.05) is 11.2 Å². The number of thioether (sulfide) groups is 1. The third-order valence-electron chi connectivity index (χ3n) is 3.02. The minimum Gasteiger partial charge on any atom is -0.299 e. The molecule has 0 bridgehead atoms. The molecule has 0 fully saturated rings. The molecule has 1 aromatic rings. The van der Waals surface area contributed by atoms with Gasteiger partial charge >= 0.3 is 0 Å². The van der Waals surface area contributed by atoms with E-state index in [9.17, 15) is 0 Å². The topological polar surface area (TPSA) is 28.0 Å². The van der Waals surface area contributed by atoms with E-state index in [1.165, 1.54) is 23.7 Å². The third kappa shape index (κ3) is 6.18. The fourth-order valence-electron chi connectivity index (χ4n) is 2.13. The Kier molecular flexibility index (Phi) is 8.82. The van der Waals surface area contributed by atoms with Crippen LogP contribution in [-0.2, 0) is 0 Å². The van der Waals surface area contributed by atoms with Crippen molar-refractivity contribution in [2.75, 3.05) is 14.1 Å². The molecular formula is C17H22ClN3S. The molecule has 1 atom stereocenters. The summed E-state index contributed by atoms with van der Waals surface area (Å²) in [5, 5.41) is 2.89. The summed E-state index contributed by atoms with van der Waals surface area (Å²) in [6, 6.07) is 8.21. The average molecular weight is 336 g/mol. The Morgan fingerprint density at radius 2 is 2.18 bits per heavy atom.